The maximum atomic E-state index is 6.41. The zero-order valence-corrected chi connectivity index (χ0v) is 12.9. The van der Waals surface area contributed by atoms with Crippen LogP contribution >= 0.6 is 0 Å². The fourth-order valence-electron chi connectivity index (χ4n) is 3.07. The summed E-state index contributed by atoms with van der Waals surface area (Å²) in [6, 6.07) is 0.342. The van der Waals surface area contributed by atoms with Crippen LogP contribution in [0.5, 0.6) is 0 Å². The molecule has 0 amide bonds. The highest BCUT2D eigenvalue weighted by Crippen LogP contribution is 2.40. The first-order valence-corrected chi connectivity index (χ1v) is 7.33. The van der Waals surface area contributed by atoms with E-state index in [0.29, 0.717) is 23.3 Å². The van der Waals surface area contributed by atoms with Crippen molar-refractivity contribution in [3.63, 3.8) is 0 Å². The summed E-state index contributed by atoms with van der Waals surface area (Å²) in [7, 11) is 1.78. The lowest BCUT2D eigenvalue weighted by Gasteiger charge is -2.31. The molecule has 3 nitrogen and oxygen atoms in total. The van der Waals surface area contributed by atoms with Crippen LogP contribution in [0.15, 0.2) is 0 Å². The van der Waals surface area contributed by atoms with E-state index in [1.54, 1.807) is 7.11 Å². The summed E-state index contributed by atoms with van der Waals surface area (Å²) in [6.07, 6.45) is 2.54. The first-order chi connectivity index (χ1) is 8.36. The molecule has 1 fully saturated rings. The molecule has 0 radical (unpaired) electrons. The quantitative estimate of drug-likeness (QED) is 0.760. The van der Waals surface area contributed by atoms with E-state index in [9.17, 15) is 0 Å². The van der Waals surface area contributed by atoms with Crippen molar-refractivity contribution in [1.29, 1.82) is 0 Å². The van der Waals surface area contributed by atoms with Crippen molar-refractivity contribution < 1.29 is 4.74 Å². The summed E-state index contributed by atoms with van der Waals surface area (Å²) in [4.78, 5) is 2.53. The second-order valence-electron chi connectivity index (χ2n) is 6.96. The van der Waals surface area contributed by atoms with Gasteiger partial charge < -0.3 is 15.4 Å². The van der Waals surface area contributed by atoms with Gasteiger partial charge >= 0.3 is 0 Å². The van der Waals surface area contributed by atoms with E-state index < -0.39 is 0 Å². The average Bonchev–Trinajstić information content (AvgIpc) is 2.52. The molecule has 2 atom stereocenters. The molecule has 0 spiro atoms. The summed E-state index contributed by atoms with van der Waals surface area (Å²) < 4.78 is 5.21. The van der Waals surface area contributed by atoms with E-state index >= 15 is 0 Å². The molecule has 1 aliphatic carbocycles. The van der Waals surface area contributed by atoms with Crippen LogP contribution in [0.3, 0.4) is 0 Å². The van der Waals surface area contributed by atoms with Gasteiger partial charge in [-0.15, -0.1) is 0 Å². The molecule has 0 aromatic rings. The van der Waals surface area contributed by atoms with Crippen LogP contribution in [0.4, 0.5) is 0 Å². The van der Waals surface area contributed by atoms with Crippen LogP contribution in [0.25, 0.3) is 0 Å². The highest BCUT2D eigenvalue weighted by atomic mass is 16.5. The highest BCUT2D eigenvalue weighted by molar-refractivity contribution is 4.95. The Balaban J connectivity index is 2.49. The van der Waals surface area contributed by atoms with Crippen molar-refractivity contribution >= 4 is 0 Å². The topological polar surface area (TPSA) is 38.5 Å². The molecular weight excluding hydrogens is 224 g/mol. The smallest absolute Gasteiger partial charge is 0.0589 e. The summed E-state index contributed by atoms with van der Waals surface area (Å²) in [5.41, 5.74) is 6.72. The zero-order chi connectivity index (χ0) is 13.8. The van der Waals surface area contributed by atoms with Gasteiger partial charge in [0.05, 0.1) is 6.61 Å². The van der Waals surface area contributed by atoms with E-state index in [2.05, 4.69) is 32.6 Å². The monoisotopic (exact) mass is 256 g/mol. The van der Waals surface area contributed by atoms with Gasteiger partial charge in [-0.2, -0.15) is 0 Å². The van der Waals surface area contributed by atoms with Gasteiger partial charge in [0.25, 0.3) is 0 Å². The lowest BCUT2D eigenvalue weighted by Crippen LogP contribution is -2.43. The molecule has 1 rings (SSSR count). The number of rotatable bonds is 7. The minimum Gasteiger partial charge on any atom is -0.383 e. The Bertz CT molecular complexity index is 241. The molecule has 0 aliphatic heterocycles. The first-order valence-electron chi connectivity index (χ1n) is 7.33. The summed E-state index contributed by atoms with van der Waals surface area (Å²) in [6.45, 7) is 13.3. The zero-order valence-electron chi connectivity index (χ0n) is 12.9. The first kappa shape index (κ1) is 15.9. The van der Waals surface area contributed by atoms with Gasteiger partial charge in [-0.25, -0.2) is 0 Å². The third-order valence-electron chi connectivity index (χ3n) is 4.30. The maximum absolute atomic E-state index is 6.41. The Hall–Kier alpha value is -0.120. The molecule has 1 saturated carbocycles. The number of ether oxygens (including phenoxy) is 1. The number of hydrogen-bond donors (Lipinski definition) is 1. The van der Waals surface area contributed by atoms with Crippen LogP contribution in [-0.4, -0.2) is 44.3 Å². The largest absolute Gasteiger partial charge is 0.383 e. The Morgan fingerprint density at radius 3 is 2.50 bits per heavy atom. The fourth-order valence-corrected chi connectivity index (χ4v) is 3.07. The molecule has 0 bridgehead atoms. The Kier molecular flexibility index (Phi) is 6.09. The maximum Gasteiger partial charge on any atom is 0.0589 e. The van der Waals surface area contributed by atoms with Gasteiger partial charge in [0, 0.05) is 32.8 Å². The fraction of sp³-hybridized carbons (Fsp3) is 1.00. The third-order valence-corrected chi connectivity index (χ3v) is 4.30. The molecular formula is C15H32N2O. The van der Waals surface area contributed by atoms with E-state index in [0.717, 1.165) is 26.2 Å². The van der Waals surface area contributed by atoms with Crippen molar-refractivity contribution in [3.8, 4) is 0 Å². The van der Waals surface area contributed by atoms with Gasteiger partial charge in [-0.05, 0) is 30.1 Å². The second kappa shape index (κ2) is 6.88. The molecule has 2 unspecified atom stereocenters. The average molecular weight is 256 g/mol. The number of nitrogens with two attached hydrogens (primary N) is 1. The number of methoxy groups -OCH3 is 1. The van der Waals surface area contributed by atoms with Crippen LogP contribution in [0, 0.1) is 17.3 Å². The van der Waals surface area contributed by atoms with Gasteiger partial charge in [-0.3, -0.25) is 0 Å². The SMILES string of the molecule is COCCN(CC(C)C)CC1CCC(C)(C)C1N. The van der Waals surface area contributed by atoms with Crippen molar-refractivity contribution in [3.05, 3.63) is 0 Å². The van der Waals surface area contributed by atoms with Gasteiger partial charge in [0.15, 0.2) is 0 Å². The number of hydrogen-bond acceptors (Lipinski definition) is 3. The molecule has 0 heterocycles. The minimum atomic E-state index is 0.315. The molecule has 1 aliphatic rings. The second-order valence-corrected chi connectivity index (χ2v) is 6.96. The molecule has 3 heteroatoms. The Morgan fingerprint density at radius 2 is 2.06 bits per heavy atom. The van der Waals surface area contributed by atoms with E-state index in [-0.39, 0.29) is 0 Å². The van der Waals surface area contributed by atoms with Crippen LogP contribution in [0.2, 0.25) is 0 Å². The van der Waals surface area contributed by atoms with E-state index in [1.165, 1.54) is 12.8 Å². The van der Waals surface area contributed by atoms with E-state index in [4.69, 9.17) is 10.5 Å². The molecule has 0 aromatic carbocycles. The predicted octanol–water partition coefficient (Wildman–Crippen LogP) is 2.35. The van der Waals surface area contributed by atoms with Crippen LogP contribution in [-0.2, 0) is 4.74 Å². The lowest BCUT2D eigenvalue weighted by molar-refractivity contribution is 0.123. The van der Waals surface area contributed by atoms with Gasteiger partial charge in [0.2, 0.25) is 0 Å². The van der Waals surface area contributed by atoms with Gasteiger partial charge in [-0.1, -0.05) is 27.7 Å². The molecule has 0 saturated heterocycles. The third kappa shape index (κ3) is 4.52. The van der Waals surface area contributed by atoms with E-state index in [1.807, 2.05) is 0 Å². The van der Waals surface area contributed by atoms with Crippen molar-refractivity contribution in [2.45, 2.75) is 46.6 Å². The summed E-state index contributed by atoms with van der Waals surface area (Å²) >= 11 is 0. The molecule has 0 aromatic heterocycles. The Morgan fingerprint density at radius 1 is 1.39 bits per heavy atom. The summed E-state index contributed by atoms with van der Waals surface area (Å²) in [5.74, 6) is 1.35. The van der Waals surface area contributed by atoms with Crippen molar-refractivity contribution in [1.82, 2.24) is 4.90 Å². The minimum absolute atomic E-state index is 0.315. The van der Waals surface area contributed by atoms with Crippen LogP contribution < -0.4 is 5.73 Å². The standard InChI is InChI=1S/C15H32N2O/c1-12(2)10-17(8-9-18-5)11-13-6-7-15(3,4)14(13)16/h12-14H,6-11,16H2,1-5H3. The summed E-state index contributed by atoms with van der Waals surface area (Å²) in [5, 5.41) is 0. The molecule has 18 heavy (non-hydrogen) atoms. The Labute approximate surface area is 113 Å². The van der Waals surface area contributed by atoms with Crippen LogP contribution in [0.1, 0.15) is 40.5 Å². The highest BCUT2D eigenvalue weighted by Gasteiger charge is 2.39. The molecule has 2 N–H and O–H groups in total. The van der Waals surface area contributed by atoms with Crippen molar-refractivity contribution in [2.24, 2.45) is 23.0 Å². The normalized spacial score (nSPS) is 27.3. The van der Waals surface area contributed by atoms with Crippen molar-refractivity contribution in [2.75, 3.05) is 33.4 Å². The van der Waals surface area contributed by atoms with Gasteiger partial charge in [0.1, 0.15) is 0 Å². The predicted molar refractivity (Wildman–Crippen MR) is 77.6 cm³/mol. The number of nitrogens with zero attached hydrogens (tertiary/aromatic N) is 1. The molecule has 108 valence electrons. The lowest BCUT2D eigenvalue weighted by atomic mass is 9.85.